The topological polar surface area (TPSA) is 74.6 Å². The zero-order valence-electron chi connectivity index (χ0n) is 14.9. The highest BCUT2D eigenvalue weighted by Gasteiger charge is 2.15. The number of hydrogen-bond acceptors (Lipinski definition) is 2. The first-order chi connectivity index (χ1) is 11.0. The number of carbonyl (C=O) groups is 2. The molecule has 0 rings (SSSR count). The van der Waals surface area contributed by atoms with Crippen LogP contribution in [0.3, 0.4) is 0 Å². The van der Waals surface area contributed by atoms with Gasteiger partial charge in [-0.3, -0.25) is 0 Å². The fraction of sp³-hybridized carbons (Fsp3) is 0.789. The predicted octanol–water partition coefficient (Wildman–Crippen LogP) is 5.56. The SMILES string of the molecule is CCCCCCCCCCCCCCC(C(=O)O)=C(C)C(=O)O. The van der Waals surface area contributed by atoms with Gasteiger partial charge >= 0.3 is 11.9 Å². The predicted molar refractivity (Wildman–Crippen MR) is 93.7 cm³/mol. The number of carboxylic acid groups (broad SMARTS) is 2. The molecule has 0 aromatic heterocycles. The van der Waals surface area contributed by atoms with Crippen molar-refractivity contribution in [2.75, 3.05) is 0 Å². The molecule has 0 spiro atoms. The average Bonchev–Trinajstić information content (AvgIpc) is 2.51. The van der Waals surface area contributed by atoms with Gasteiger partial charge in [0.25, 0.3) is 0 Å². The second kappa shape index (κ2) is 14.3. The van der Waals surface area contributed by atoms with Gasteiger partial charge in [-0.1, -0.05) is 77.6 Å². The molecule has 0 amide bonds. The Bertz CT molecular complexity index is 372. The van der Waals surface area contributed by atoms with Crippen LogP contribution >= 0.6 is 0 Å². The zero-order valence-corrected chi connectivity index (χ0v) is 14.9. The molecule has 134 valence electrons. The van der Waals surface area contributed by atoms with Gasteiger partial charge in [0.05, 0.1) is 0 Å². The molecule has 0 bridgehead atoms. The maximum atomic E-state index is 11.1. The van der Waals surface area contributed by atoms with Crippen LogP contribution in [0.25, 0.3) is 0 Å². The van der Waals surface area contributed by atoms with Gasteiger partial charge in [0, 0.05) is 11.1 Å². The summed E-state index contributed by atoms with van der Waals surface area (Å²) in [6.45, 7) is 3.60. The lowest BCUT2D eigenvalue weighted by Crippen LogP contribution is -2.09. The molecule has 2 N–H and O–H groups in total. The molecule has 0 aliphatic rings. The Morgan fingerprint density at radius 1 is 0.652 bits per heavy atom. The quantitative estimate of drug-likeness (QED) is 0.305. The third kappa shape index (κ3) is 11.8. The van der Waals surface area contributed by atoms with Crippen LogP contribution in [0.2, 0.25) is 0 Å². The van der Waals surface area contributed by atoms with Gasteiger partial charge in [-0.25, -0.2) is 9.59 Å². The van der Waals surface area contributed by atoms with E-state index in [-0.39, 0.29) is 11.1 Å². The number of unbranched alkanes of at least 4 members (excludes halogenated alkanes) is 11. The summed E-state index contributed by atoms with van der Waals surface area (Å²) < 4.78 is 0. The van der Waals surface area contributed by atoms with Crippen LogP contribution in [0.1, 0.15) is 97.3 Å². The number of aliphatic carboxylic acids is 2. The van der Waals surface area contributed by atoms with Gasteiger partial charge in [0.2, 0.25) is 0 Å². The van der Waals surface area contributed by atoms with Gasteiger partial charge < -0.3 is 10.2 Å². The van der Waals surface area contributed by atoms with Crippen LogP contribution in [0.15, 0.2) is 11.1 Å². The van der Waals surface area contributed by atoms with Crippen molar-refractivity contribution in [3.63, 3.8) is 0 Å². The van der Waals surface area contributed by atoms with Gasteiger partial charge in [-0.2, -0.15) is 0 Å². The fourth-order valence-corrected chi connectivity index (χ4v) is 2.73. The van der Waals surface area contributed by atoms with E-state index < -0.39 is 11.9 Å². The van der Waals surface area contributed by atoms with Crippen molar-refractivity contribution in [1.82, 2.24) is 0 Å². The lowest BCUT2D eigenvalue weighted by molar-refractivity contribution is -0.136. The molecule has 0 aromatic rings. The first-order valence-electron chi connectivity index (χ1n) is 9.17. The highest BCUT2D eigenvalue weighted by molar-refractivity contribution is 5.98. The third-order valence-corrected chi connectivity index (χ3v) is 4.31. The smallest absolute Gasteiger partial charge is 0.332 e. The van der Waals surface area contributed by atoms with Crippen molar-refractivity contribution in [2.24, 2.45) is 0 Å². The molecule has 0 aliphatic heterocycles. The Balaban J connectivity index is 3.60. The normalized spacial score (nSPS) is 12.1. The number of rotatable bonds is 15. The molecule has 0 fully saturated rings. The Hall–Kier alpha value is -1.32. The minimum Gasteiger partial charge on any atom is -0.478 e. The molecule has 0 aliphatic carbocycles. The Kier molecular flexibility index (Phi) is 13.5. The van der Waals surface area contributed by atoms with E-state index in [1.165, 1.54) is 64.7 Å². The van der Waals surface area contributed by atoms with E-state index in [2.05, 4.69) is 6.92 Å². The zero-order chi connectivity index (χ0) is 17.5. The van der Waals surface area contributed by atoms with Gasteiger partial charge in [-0.05, 0) is 19.8 Å². The van der Waals surface area contributed by atoms with E-state index in [9.17, 15) is 9.59 Å². The highest BCUT2D eigenvalue weighted by Crippen LogP contribution is 2.16. The highest BCUT2D eigenvalue weighted by atomic mass is 16.4. The molecule has 0 heterocycles. The first kappa shape index (κ1) is 21.7. The second-order valence-corrected chi connectivity index (χ2v) is 6.35. The van der Waals surface area contributed by atoms with Gasteiger partial charge in [-0.15, -0.1) is 0 Å². The standard InChI is InChI=1S/C19H34O4/c1-3-4-5-6-7-8-9-10-11-12-13-14-15-17(19(22)23)16(2)18(20)21/h3-15H2,1-2H3,(H,20,21)(H,22,23). The molecular formula is C19H34O4. The second-order valence-electron chi connectivity index (χ2n) is 6.35. The third-order valence-electron chi connectivity index (χ3n) is 4.31. The van der Waals surface area contributed by atoms with Crippen molar-refractivity contribution in [1.29, 1.82) is 0 Å². The molecule has 0 aromatic carbocycles. The molecule has 4 heteroatoms. The fourth-order valence-electron chi connectivity index (χ4n) is 2.73. The largest absolute Gasteiger partial charge is 0.478 e. The van der Waals surface area contributed by atoms with Gasteiger partial charge in [0.15, 0.2) is 0 Å². The van der Waals surface area contributed by atoms with E-state index in [4.69, 9.17) is 10.2 Å². The summed E-state index contributed by atoms with van der Waals surface area (Å²) in [6.07, 6.45) is 15.0. The summed E-state index contributed by atoms with van der Waals surface area (Å²) in [4.78, 5) is 21.9. The van der Waals surface area contributed by atoms with Crippen LogP contribution in [0.4, 0.5) is 0 Å². The molecule has 0 saturated carbocycles. The lowest BCUT2D eigenvalue weighted by Gasteiger charge is -2.06. The maximum absolute atomic E-state index is 11.1. The Morgan fingerprint density at radius 3 is 1.39 bits per heavy atom. The van der Waals surface area contributed by atoms with Crippen LogP contribution in [0, 0.1) is 0 Å². The maximum Gasteiger partial charge on any atom is 0.332 e. The summed E-state index contributed by atoms with van der Waals surface area (Å²) in [7, 11) is 0. The van der Waals surface area contributed by atoms with Crippen LogP contribution in [-0.2, 0) is 9.59 Å². The van der Waals surface area contributed by atoms with E-state index in [0.717, 1.165) is 19.3 Å². The minimum atomic E-state index is -1.14. The van der Waals surface area contributed by atoms with Crippen LogP contribution < -0.4 is 0 Å². The van der Waals surface area contributed by atoms with Crippen LogP contribution in [0.5, 0.6) is 0 Å². The number of hydrogen-bond donors (Lipinski definition) is 2. The van der Waals surface area contributed by atoms with E-state index in [0.29, 0.717) is 6.42 Å². The Morgan fingerprint density at radius 2 is 1.04 bits per heavy atom. The summed E-state index contributed by atoms with van der Waals surface area (Å²) in [5, 5.41) is 17.9. The first-order valence-corrected chi connectivity index (χ1v) is 9.17. The summed E-state index contributed by atoms with van der Waals surface area (Å²) in [5.41, 5.74) is 0.00477. The Labute approximate surface area is 141 Å². The molecule has 0 saturated heterocycles. The van der Waals surface area contributed by atoms with Crippen molar-refractivity contribution < 1.29 is 19.8 Å². The van der Waals surface area contributed by atoms with Gasteiger partial charge in [0.1, 0.15) is 0 Å². The molecule has 0 radical (unpaired) electrons. The summed E-state index contributed by atoms with van der Waals surface area (Å²) in [6, 6.07) is 0. The summed E-state index contributed by atoms with van der Waals surface area (Å²) >= 11 is 0. The minimum absolute atomic E-state index is 0.0411. The number of carboxylic acids is 2. The van der Waals surface area contributed by atoms with Crippen molar-refractivity contribution >= 4 is 11.9 Å². The molecular weight excluding hydrogens is 292 g/mol. The average molecular weight is 326 g/mol. The molecule has 4 nitrogen and oxygen atoms in total. The monoisotopic (exact) mass is 326 g/mol. The van der Waals surface area contributed by atoms with E-state index in [1.807, 2.05) is 0 Å². The lowest BCUT2D eigenvalue weighted by atomic mass is 10.0. The van der Waals surface area contributed by atoms with Crippen LogP contribution in [-0.4, -0.2) is 22.2 Å². The van der Waals surface area contributed by atoms with E-state index in [1.54, 1.807) is 0 Å². The molecule has 23 heavy (non-hydrogen) atoms. The van der Waals surface area contributed by atoms with Crippen molar-refractivity contribution in [2.45, 2.75) is 97.3 Å². The molecule has 0 atom stereocenters. The molecule has 0 unspecified atom stereocenters. The summed E-state index contributed by atoms with van der Waals surface area (Å²) in [5.74, 6) is -2.24. The van der Waals surface area contributed by atoms with E-state index >= 15 is 0 Å². The van der Waals surface area contributed by atoms with Crippen molar-refractivity contribution in [3.8, 4) is 0 Å². The van der Waals surface area contributed by atoms with Crippen molar-refractivity contribution in [3.05, 3.63) is 11.1 Å².